The zero-order valence-electron chi connectivity index (χ0n) is 10.6. The molecule has 0 saturated carbocycles. The van der Waals surface area contributed by atoms with Crippen molar-refractivity contribution < 1.29 is 13.5 Å². The van der Waals surface area contributed by atoms with Crippen molar-refractivity contribution in [2.24, 2.45) is 5.73 Å². The Balaban J connectivity index is 2.23. The number of likely N-dealkylation sites (N-methyl/N-ethyl adjacent to an activating group) is 1. The van der Waals surface area contributed by atoms with Crippen LogP contribution < -0.4 is 5.73 Å². The average Bonchev–Trinajstić information content (AvgIpc) is 2.35. The highest BCUT2D eigenvalue weighted by atomic mass is 19.2. The molecule has 5 heteroatoms. The van der Waals surface area contributed by atoms with Crippen molar-refractivity contribution in [2.75, 3.05) is 26.7 Å². The number of hydrogen-bond donors (Lipinski definition) is 1. The minimum Gasteiger partial charge on any atom is -0.374 e. The van der Waals surface area contributed by atoms with Gasteiger partial charge in [-0.25, -0.2) is 8.78 Å². The molecule has 3 nitrogen and oxygen atoms in total. The summed E-state index contributed by atoms with van der Waals surface area (Å²) in [6.45, 7) is 3.54. The summed E-state index contributed by atoms with van der Waals surface area (Å²) >= 11 is 0. The second kappa shape index (κ2) is 5.30. The first-order valence-corrected chi connectivity index (χ1v) is 6.01. The van der Waals surface area contributed by atoms with Gasteiger partial charge in [0.15, 0.2) is 11.6 Å². The third-order valence-corrected chi connectivity index (χ3v) is 3.36. The highest BCUT2D eigenvalue weighted by Gasteiger charge is 2.28. The fraction of sp³-hybridized carbons (Fsp3) is 0.538. The SMILES string of the molecule is Cc1ccc(C(N)C2CN(C)CCO2)c(F)c1F. The van der Waals surface area contributed by atoms with E-state index < -0.39 is 17.7 Å². The molecule has 2 atom stereocenters. The van der Waals surface area contributed by atoms with Crippen LogP contribution in [0.5, 0.6) is 0 Å². The molecule has 1 aromatic rings. The van der Waals surface area contributed by atoms with Crippen LogP contribution in [0.2, 0.25) is 0 Å². The Morgan fingerprint density at radius 1 is 1.39 bits per heavy atom. The zero-order chi connectivity index (χ0) is 13.3. The highest BCUT2D eigenvalue weighted by Crippen LogP contribution is 2.25. The summed E-state index contributed by atoms with van der Waals surface area (Å²) in [5.74, 6) is -1.69. The van der Waals surface area contributed by atoms with E-state index in [0.717, 1.165) is 6.54 Å². The fourth-order valence-electron chi connectivity index (χ4n) is 2.15. The number of hydrogen-bond acceptors (Lipinski definition) is 3. The lowest BCUT2D eigenvalue weighted by Crippen LogP contribution is -2.45. The van der Waals surface area contributed by atoms with Crippen molar-refractivity contribution in [3.8, 4) is 0 Å². The van der Waals surface area contributed by atoms with Crippen molar-refractivity contribution in [3.05, 3.63) is 34.9 Å². The molecule has 0 bridgehead atoms. The maximum absolute atomic E-state index is 13.8. The molecule has 1 saturated heterocycles. The van der Waals surface area contributed by atoms with E-state index in [2.05, 4.69) is 4.90 Å². The average molecular weight is 256 g/mol. The van der Waals surface area contributed by atoms with Crippen LogP contribution >= 0.6 is 0 Å². The van der Waals surface area contributed by atoms with E-state index in [0.29, 0.717) is 13.2 Å². The Kier molecular flexibility index (Phi) is 3.94. The molecule has 18 heavy (non-hydrogen) atoms. The molecule has 2 rings (SSSR count). The van der Waals surface area contributed by atoms with Crippen LogP contribution in [0, 0.1) is 18.6 Å². The van der Waals surface area contributed by atoms with Gasteiger partial charge in [-0.05, 0) is 19.5 Å². The summed E-state index contributed by atoms with van der Waals surface area (Å²) < 4.78 is 32.9. The summed E-state index contributed by atoms with van der Waals surface area (Å²) in [5, 5.41) is 0. The number of benzene rings is 1. The quantitative estimate of drug-likeness (QED) is 0.873. The standard InChI is InChI=1S/C13H18F2N2O/c1-8-3-4-9(12(15)11(8)14)13(16)10-7-17(2)5-6-18-10/h3-4,10,13H,5-7,16H2,1-2H3. The molecule has 2 unspecified atom stereocenters. The van der Waals surface area contributed by atoms with Crippen molar-refractivity contribution >= 4 is 0 Å². The summed E-state index contributed by atoms with van der Waals surface area (Å²) in [7, 11) is 1.95. The van der Waals surface area contributed by atoms with Gasteiger partial charge >= 0.3 is 0 Å². The van der Waals surface area contributed by atoms with Gasteiger partial charge in [0.1, 0.15) is 0 Å². The van der Waals surface area contributed by atoms with Crippen LogP contribution in [0.25, 0.3) is 0 Å². The molecule has 1 heterocycles. The van der Waals surface area contributed by atoms with E-state index >= 15 is 0 Å². The van der Waals surface area contributed by atoms with Crippen LogP contribution in [-0.2, 0) is 4.74 Å². The van der Waals surface area contributed by atoms with Crippen molar-refractivity contribution in [1.82, 2.24) is 4.90 Å². The lowest BCUT2D eigenvalue weighted by atomic mass is 9.99. The number of aryl methyl sites for hydroxylation is 1. The molecule has 100 valence electrons. The molecule has 0 radical (unpaired) electrons. The molecular weight excluding hydrogens is 238 g/mol. The number of ether oxygens (including phenoxy) is 1. The van der Waals surface area contributed by atoms with Gasteiger partial charge in [0.2, 0.25) is 0 Å². The molecule has 0 aromatic heterocycles. The molecule has 0 amide bonds. The first-order valence-electron chi connectivity index (χ1n) is 6.01. The molecule has 1 aliphatic heterocycles. The predicted molar refractivity (Wildman–Crippen MR) is 65.3 cm³/mol. The maximum atomic E-state index is 13.8. The number of morpholine rings is 1. The lowest BCUT2D eigenvalue weighted by molar-refractivity contribution is -0.0331. The van der Waals surface area contributed by atoms with Gasteiger partial charge in [-0.2, -0.15) is 0 Å². The van der Waals surface area contributed by atoms with Crippen LogP contribution in [0.15, 0.2) is 12.1 Å². The zero-order valence-corrected chi connectivity index (χ0v) is 10.6. The third kappa shape index (κ3) is 2.53. The smallest absolute Gasteiger partial charge is 0.163 e. The fourth-order valence-corrected chi connectivity index (χ4v) is 2.15. The second-order valence-electron chi connectivity index (χ2n) is 4.80. The molecule has 1 aliphatic rings. The topological polar surface area (TPSA) is 38.5 Å². The van der Waals surface area contributed by atoms with Gasteiger partial charge in [0.25, 0.3) is 0 Å². The number of nitrogens with two attached hydrogens (primary N) is 1. The van der Waals surface area contributed by atoms with Gasteiger partial charge in [-0.1, -0.05) is 12.1 Å². The molecule has 0 aliphatic carbocycles. The molecule has 2 N–H and O–H groups in total. The first-order chi connectivity index (χ1) is 8.50. The second-order valence-corrected chi connectivity index (χ2v) is 4.80. The van der Waals surface area contributed by atoms with Crippen molar-refractivity contribution in [3.63, 3.8) is 0 Å². The summed E-state index contributed by atoms with van der Waals surface area (Å²) in [6, 6.07) is 2.43. The molecule has 1 fully saturated rings. The van der Waals surface area contributed by atoms with Gasteiger partial charge in [0, 0.05) is 18.7 Å². The van der Waals surface area contributed by atoms with Crippen molar-refractivity contribution in [2.45, 2.75) is 19.1 Å². The van der Waals surface area contributed by atoms with Crippen LogP contribution in [0.3, 0.4) is 0 Å². The van der Waals surface area contributed by atoms with Crippen LogP contribution in [0.4, 0.5) is 8.78 Å². The number of nitrogens with zero attached hydrogens (tertiary/aromatic N) is 1. The van der Waals surface area contributed by atoms with Gasteiger partial charge < -0.3 is 15.4 Å². The Morgan fingerprint density at radius 3 is 2.78 bits per heavy atom. The monoisotopic (exact) mass is 256 g/mol. The minimum absolute atomic E-state index is 0.179. The minimum atomic E-state index is -0.862. The Bertz CT molecular complexity index is 439. The van der Waals surface area contributed by atoms with Crippen LogP contribution in [0.1, 0.15) is 17.2 Å². The van der Waals surface area contributed by atoms with Gasteiger partial charge in [-0.15, -0.1) is 0 Å². The third-order valence-electron chi connectivity index (χ3n) is 3.36. The Labute approximate surface area is 106 Å². The summed E-state index contributed by atoms with van der Waals surface area (Å²) in [5.41, 5.74) is 6.46. The first kappa shape index (κ1) is 13.4. The summed E-state index contributed by atoms with van der Waals surface area (Å²) in [4.78, 5) is 2.07. The van der Waals surface area contributed by atoms with Gasteiger partial charge in [-0.3, -0.25) is 0 Å². The number of halogens is 2. The van der Waals surface area contributed by atoms with E-state index in [1.807, 2.05) is 7.05 Å². The Hall–Kier alpha value is -1.04. The van der Waals surface area contributed by atoms with E-state index in [9.17, 15) is 8.78 Å². The Morgan fingerprint density at radius 2 is 2.11 bits per heavy atom. The van der Waals surface area contributed by atoms with E-state index in [-0.39, 0.29) is 17.2 Å². The lowest BCUT2D eigenvalue weighted by Gasteiger charge is -2.33. The van der Waals surface area contributed by atoms with E-state index in [1.54, 1.807) is 6.07 Å². The molecule has 1 aromatic carbocycles. The highest BCUT2D eigenvalue weighted by molar-refractivity contribution is 5.28. The van der Waals surface area contributed by atoms with Gasteiger partial charge in [0.05, 0.1) is 18.8 Å². The van der Waals surface area contributed by atoms with E-state index in [4.69, 9.17) is 10.5 Å². The van der Waals surface area contributed by atoms with E-state index in [1.165, 1.54) is 13.0 Å². The van der Waals surface area contributed by atoms with Crippen molar-refractivity contribution in [1.29, 1.82) is 0 Å². The maximum Gasteiger partial charge on any atom is 0.163 e. The molecular formula is C13H18F2N2O. The largest absolute Gasteiger partial charge is 0.374 e. The predicted octanol–water partition coefficient (Wildman–Crippen LogP) is 1.60. The normalized spacial score (nSPS) is 23.1. The molecule has 0 spiro atoms. The summed E-state index contributed by atoms with van der Waals surface area (Å²) in [6.07, 6.45) is -0.305. The number of rotatable bonds is 2. The van der Waals surface area contributed by atoms with Crippen LogP contribution in [-0.4, -0.2) is 37.7 Å².